The third kappa shape index (κ3) is 4.42. The molecule has 0 saturated carbocycles. The van der Waals surface area contributed by atoms with E-state index in [1.165, 1.54) is 27.8 Å². The maximum absolute atomic E-state index is 13.2. The second-order valence-corrected chi connectivity index (χ2v) is 9.01. The predicted molar refractivity (Wildman–Crippen MR) is 94.5 cm³/mol. The van der Waals surface area contributed by atoms with Crippen LogP contribution in [0.1, 0.15) is 23.3 Å². The maximum atomic E-state index is 13.2. The van der Waals surface area contributed by atoms with Gasteiger partial charge >= 0.3 is 0 Å². The van der Waals surface area contributed by atoms with Crippen molar-refractivity contribution in [3.63, 3.8) is 0 Å². The van der Waals surface area contributed by atoms with Gasteiger partial charge in [0.05, 0.1) is 6.26 Å². The van der Waals surface area contributed by atoms with Crippen LogP contribution >= 0.6 is 11.3 Å². The molecule has 1 aliphatic rings. The number of nitrogens with one attached hydrogen (secondary N) is 1. The van der Waals surface area contributed by atoms with Crippen LogP contribution in [0.5, 0.6) is 0 Å². The fourth-order valence-corrected chi connectivity index (χ4v) is 4.86. The lowest BCUT2D eigenvalue weighted by molar-refractivity contribution is -0.119. The summed E-state index contributed by atoms with van der Waals surface area (Å²) in [5.41, 5.74) is 0.820. The number of nitrogens with zero attached hydrogens (tertiary/aromatic N) is 2. The minimum absolute atomic E-state index is 0.294. The second kappa shape index (κ2) is 7.19. The molecule has 0 aliphatic carbocycles. The van der Waals surface area contributed by atoms with Crippen LogP contribution in [0.25, 0.3) is 0 Å². The van der Waals surface area contributed by atoms with Gasteiger partial charge in [0.15, 0.2) is 5.13 Å². The number of amides is 1. The van der Waals surface area contributed by atoms with Crippen LogP contribution < -0.4 is 5.32 Å². The predicted octanol–water partition coefficient (Wildman–Crippen LogP) is 2.24. The van der Waals surface area contributed by atoms with Gasteiger partial charge in [0, 0.05) is 24.0 Å². The first-order chi connectivity index (χ1) is 11.8. The molecule has 1 aliphatic heterocycles. The number of thiazole rings is 1. The zero-order valence-corrected chi connectivity index (χ0v) is 15.2. The normalized spacial score (nSPS) is 18.4. The summed E-state index contributed by atoms with van der Waals surface area (Å²) >= 11 is 1.30. The van der Waals surface area contributed by atoms with Gasteiger partial charge in [-0.2, -0.15) is 4.31 Å². The summed E-state index contributed by atoms with van der Waals surface area (Å²) in [6.45, 7) is 0.361. The summed E-state index contributed by atoms with van der Waals surface area (Å²) in [4.78, 5) is 17.4. The lowest BCUT2D eigenvalue weighted by atomic mass is 10.1. The van der Waals surface area contributed by atoms with Gasteiger partial charge in [-0.3, -0.25) is 4.79 Å². The highest BCUT2D eigenvalue weighted by molar-refractivity contribution is 7.88. The van der Waals surface area contributed by atoms with Crippen molar-refractivity contribution >= 4 is 32.4 Å². The molecule has 0 radical (unpaired) electrons. The third-order valence-corrected chi connectivity index (χ3v) is 6.19. The Kier molecular flexibility index (Phi) is 5.16. The maximum Gasteiger partial charge on any atom is 0.244 e. The highest BCUT2D eigenvalue weighted by Gasteiger charge is 2.36. The van der Waals surface area contributed by atoms with Crippen molar-refractivity contribution in [2.24, 2.45) is 0 Å². The van der Waals surface area contributed by atoms with Crippen LogP contribution in [-0.2, 0) is 21.2 Å². The number of halogens is 1. The van der Waals surface area contributed by atoms with Crippen molar-refractivity contribution in [1.82, 2.24) is 9.29 Å². The Bertz CT molecular complexity index is 882. The van der Waals surface area contributed by atoms with Crippen molar-refractivity contribution in [2.75, 3.05) is 18.1 Å². The molecule has 2 heterocycles. The molecule has 25 heavy (non-hydrogen) atoms. The Morgan fingerprint density at radius 1 is 1.48 bits per heavy atom. The number of benzene rings is 1. The minimum atomic E-state index is -3.41. The molecule has 9 heteroatoms. The number of carbonyl (C=O) groups is 1. The highest BCUT2D eigenvalue weighted by Crippen LogP contribution is 2.25. The van der Waals surface area contributed by atoms with Crippen molar-refractivity contribution < 1.29 is 17.6 Å². The SMILES string of the molecule is CS(=O)(=O)N1CCC[C@@H]1C(=O)Nc1ncc(Cc2cccc(F)c2)s1. The number of sulfonamides is 1. The third-order valence-electron chi connectivity index (χ3n) is 3.98. The molecule has 0 unspecified atom stereocenters. The molecular formula is C16H18FN3O3S2. The van der Waals surface area contributed by atoms with Gasteiger partial charge in [-0.1, -0.05) is 12.1 Å². The summed E-state index contributed by atoms with van der Waals surface area (Å²) in [5, 5.41) is 3.11. The van der Waals surface area contributed by atoms with Gasteiger partial charge < -0.3 is 5.32 Å². The van der Waals surface area contributed by atoms with Crippen LogP contribution in [0.4, 0.5) is 9.52 Å². The summed E-state index contributed by atoms with van der Waals surface area (Å²) in [5.74, 6) is -0.660. The molecule has 1 aromatic heterocycles. The van der Waals surface area contributed by atoms with Crippen molar-refractivity contribution in [3.8, 4) is 0 Å². The topological polar surface area (TPSA) is 79.4 Å². The molecule has 1 aromatic carbocycles. The summed E-state index contributed by atoms with van der Waals surface area (Å²) in [6, 6.07) is 5.63. The van der Waals surface area contributed by atoms with Crippen LogP contribution in [0.15, 0.2) is 30.5 Å². The number of anilines is 1. The van der Waals surface area contributed by atoms with E-state index in [4.69, 9.17) is 0 Å². The average Bonchev–Trinajstić information content (AvgIpc) is 3.16. The van der Waals surface area contributed by atoms with Crippen molar-refractivity contribution in [1.29, 1.82) is 0 Å². The molecule has 134 valence electrons. The molecule has 1 N–H and O–H groups in total. The van der Waals surface area contributed by atoms with Crippen LogP contribution in [0.2, 0.25) is 0 Å². The first kappa shape index (κ1) is 18.0. The van der Waals surface area contributed by atoms with Crippen LogP contribution in [-0.4, -0.2) is 42.5 Å². The van der Waals surface area contributed by atoms with Crippen molar-refractivity contribution in [2.45, 2.75) is 25.3 Å². The summed E-state index contributed by atoms with van der Waals surface area (Å²) < 4.78 is 37.9. The molecule has 0 bridgehead atoms. The number of rotatable bonds is 5. The van der Waals surface area contributed by atoms with Crippen LogP contribution in [0.3, 0.4) is 0 Å². The Labute approximate surface area is 149 Å². The first-order valence-electron chi connectivity index (χ1n) is 7.80. The molecule has 1 atom stereocenters. The van der Waals surface area contributed by atoms with E-state index in [0.717, 1.165) is 16.7 Å². The van der Waals surface area contributed by atoms with Gasteiger partial charge in [0.25, 0.3) is 0 Å². The lowest BCUT2D eigenvalue weighted by Gasteiger charge is -2.20. The quantitative estimate of drug-likeness (QED) is 0.859. The lowest BCUT2D eigenvalue weighted by Crippen LogP contribution is -2.42. The molecule has 1 saturated heterocycles. The monoisotopic (exact) mass is 383 g/mol. The molecule has 3 rings (SSSR count). The standard InChI is InChI=1S/C16H18FN3O3S2/c1-25(22,23)20-7-3-6-14(20)15(21)19-16-18-10-13(24-16)9-11-4-2-5-12(17)8-11/h2,4-5,8,10,14H,3,6-7,9H2,1H3,(H,18,19,21)/t14-/m1/s1. The smallest absolute Gasteiger partial charge is 0.244 e. The van der Waals surface area contributed by atoms with Crippen molar-refractivity contribution in [3.05, 3.63) is 46.7 Å². The minimum Gasteiger partial charge on any atom is -0.301 e. The second-order valence-electron chi connectivity index (χ2n) is 5.96. The molecule has 0 spiro atoms. The number of hydrogen-bond acceptors (Lipinski definition) is 5. The zero-order valence-electron chi connectivity index (χ0n) is 13.6. The Morgan fingerprint density at radius 2 is 2.28 bits per heavy atom. The first-order valence-corrected chi connectivity index (χ1v) is 10.5. The number of aromatic nitrogens is 1. The van der Waals surface area contributed by atoms with E-state index in [2.05, 4.69) is 10.3 Å². The van der Waals surface area contributed by atoms with E-state index < -0.39 is 16.1 Å². The Hall–Kier alpha value is -1.84. The van der Waals surface area contributed by atoms with Gasteiger partial charge in [-0.05, 0) is 30.5 Å². The average molecular weight is 383 g/mol. The van der Waals surface area contributed by atoms with Gasteiger partial charge in [-0.15, -0.1) is 11.3 Å². The molecule has 6 nitrogen and oxygen atoms in total. The van der Waals surface area contributed by atoms with Gasteiger partial charge in [0.2, 0.25) is 15.9 Å². The van der Waals surface area contributed by atoms with E-state index in [1.807, 2.05) is 6.07 Å². The van der Waals surface area contributed by atoms with Gasteiger partial charge in [0.1, 0.15) is 11.9 Å². The van der Waals surface area contributed by atoms with E-state index in [1.54, 1.807) is 12.3 Å². The molecule has 1 amide bonds. The fourth-order valence-electron chi connectivity index (χ4n) is 2.88. The Morgan fingerprint density at radius 3 is 3.00 bits per heavy atom. The Balaban J connectivity index is 1.66. The molecular weight excluding hydrogens is 365 g/mol. The number of carbonyl (C=O) groups excluding carboxylic acids is 1. The zero-order chi connectivity index (χ0) is 18.0. The molecule has 2 aromatic rings. The van der Waals surface area contributed by atoms with Gasteiger partial charge in [-0.25, -0.2) is 17.8 Å². The fraction of sp³-hybridized carbons (Fsp3) is 0.375. The highest BCUT2D eigenvalue weighted by atomic mass is 32.2. The van der Waals surface area contributed by atoms with E-state index in [9.17, 15) is 17.6 Å². The summed E-state index contributed by atoms with van der Waals surface area (Å²) in [6.07, 6.45) is 4.42. The van der Waals surface area contributed by atoms with E-state index in [0.29, 0.717) is 30.9 Å². The summed E-state index contributed by atoms with van der Waals surface area (Å²) in [7, 11) is -3.41. The van der Waals surface area contributed by atoms with E-state index in [-0.39, 0.29) is 11.7 Å². The molecule has 1 fully saturated rings. The largest absolute Gasteiger partial charge is 0.301 e. The van der Waals surface area contributed by atoms with E-state index >= 15 is 0 Å². The number of hydrogen-bond donors (Lipinski definition) is 1. The van der Waals surface area contributed by atoms with Crippen LogP contribution in [0, 0.1) is 5.82 Å².